The molecule has 2 aliphatic rings. The SMILES string of the molecule is C[C@H](c1ccccc1)N1C[C@@H](C(=O)Nc2cc(Cl)ccc2N2CCOCC2)CC1=O. The van der Waals surface area contributed by atoms with E-state index in [-0.39, 0.29) is 30.2 Å². The molecule has 2 aromatic carbocycles. The van der Waals surface area contributed by atoms with Crippen LogP contribution in [0.2, 0.25) is 5.02 Å². The fraction of sp³-hybridized carbons (Fsp3) is 0.391. The molecular weight excluding hydrogens is 402 g/mol. The Morgan fingerprint density at radius 3 is 2.63 bits per heavy atom. The molecule has 2 heterocycles. The van der Waals surface area contributed by atoms with Crippen molar-refractivity contribution in [1.82, 2.24) is 4.90 Å². The van der Waals surface area contributed by atoms with Gasteiger partial charge in [-0.2, -0.15) is 0 Å². The summed E-state index contributed by atoms with van der Waals surface area (Å²) in [5.41, 5.74) is 2.67. The largest absolute Gasteiger partial charge is 0.378 e. The van der Waals surface area contributed by atoms with Crippen LogP contribution in [0, 0.1) is 5.92 Å². The van der Waals surface area contributed by atoms with Gasteiger partial charge in [-0.1, -0.05) is 41.9 Å². The first kappa shape index (κ1) is 20.7. The van der Waals surface area contributed by atoms with E-state index in [4.69, 9.17) is 16.3 Å². The van der Waals surface area contributed by atoms with E-state index < -0.39 is 0 Å². The number of amides is 2. The smallest absolute Gasteiger partial charge is 0.229 e. The second-order valence-electron chi connectivity index (χ2n) is 7.78. The van der Waals surface area contributed by atoms with Crippen molar-refractivity contribution in [3.63, 3.8) is 0 Å². The van der Waals surface area contributed by atoms with Crippen molar-refractivity contribution in [2.24, 2.45) is 5.92 Å². The average molecular weight is 428 g/mol. The van der Waals surface area contributed by atoms with Crippen LogP contribution in [0.15, 0.2) is 48.5 Å². The van der Waals surface area contributed by atoms with Crippen LogP contribution < -0.4 is 10.2 Å². The third kappa shape index (κ3) is 4.45. The van der Waals surface area contributed by atoms with Gasteiger partial charge in [0.05, 0.1) is 36.5 Å². The maximum absolute atomic E-state index is 13.0. The van der Waals surface area contributed by atoms with E-state index in [0.29, 0.717) is 30.5 Å². The Labute approximate surface area is 181 Å². The summed E-state index contributed by atoms with van der Waals surface area (Å²) in [6.45, 7) is 5.23. The highest BCUT2D eigenvalue weighted by Gasteiger charge is 2.37. The average Bonchev–Trinajstić information content (AvgIpc) is 3.16. The third-order valence-corrected chi connectivity index (χ3v) is 6.08. The number of hydrogen-bond acceptors (Lipinski definition) is 4. The van der Waals surface area contributed by atoms with Crippen LogP contribution in [0.3, 0.4) is 0 Å². The molecule has 0 spiro atoms. The van der Waals surface area contributed by atoms with Crippen molar-refractivity contribution in [3.8, 4) is 0 Å². The van der Waals surface area contributed by atoms with Gasteiger partial charge in [0.25, 0.3) is 0 Å². The van der Waals surface area contributed by atoms with Gasteiger partial charge in [0.1, 0.15) is 0 Å². The Morgan fingerprint density at radius 1 is 1.17 bits per heavy atom. The van der Waals surface area contributed by atoms with Crippen LogP contribution in [-0.4, -0.2) is 49.6 Å². The first-order valence-corrected chi connectivity index (χ1v) is 10.7. The molecule has 2 fully saturated rings. The minimum Gasteiger partial charge on any atom is -0.378 e. The Hall–Kier alpha value is -2.57. The van der Waals surface area contributed by atoms with E-state index in [1.54, 1.807) is 11.0 Å². The molecule has 6 nitrogen and oxygen atoms in total. The zero-order chi connectivity index (χ0) is 21.1. The molecule has 0 aromatic heterocycles. The van der Waals surface area contributed by atoms with E-state index in [0.717, 1.165) is 24.3 Å². The van der Waals surface area contributed by atoms with Crippen LogP contribution in [0.1, 0.15) is 24.9 Å². The van der Waals surface area contributed by atoms with E-state index in [1.807, 2.05) is 49.4 Å². The van der Waals surface area contributed by atoms with Crippen LogP contribution in [0.4, 0.5) is 11.4 Å². The van der Waals surface area contributed by atoms with Gasteiger partial charge in [-0.25, -0.2) is 0 Å². The molecule has 2 amide bonds. The number of nitrogens with one attached hydrogen (secondary N) is 1. The quantitative estimate of drug-likeness (QED) is 0.789. The number of anilines is 2. The van der Waals surface area contributed by atoms with Crippen molar-refractivity contribution in [3.05, 3.63) is 59.1 Å². The van der Waals surface area contributed by atoms with Gasteiger partial charge in [-0.05, 0) is 30.7 Å². The summed E-state index contributed by atoms with van der Waals surface area (Å²) < 4.78 is 5.43. The summed E-state index contributed by atoms with van der Waals surface area (Å²) in [6, 6.07) is 15.3. The molecular formula is C23H26ClN3O3. The summed E-state index contributed by atoms with van der Waals surface area (Å²) in [7, 11) is 0. The molecule has 1 N–H and O–H groups in total. The predicted octanol–water partition coefficient (Wildman–Crippen LogP) is 3.72. The zero-order valence-electron chi connectivity index (χ0n) is 17.0. The van der Waals surface area contributed by atoms with E-state index >= 15 is 0 Å². The Bertz CT molecular complexity index is 915. The van der Waals surface area contributed by atoms with Gasteiger partial charge in [0.15, 0.2) is 0 Å². The van der Waals surface area contributed by atoms with Crippen LogP contribution in [0.25, 0.3) is 0 Å². The summed E-state index contributed by atoms with van der Waals surface area (Å²) in [5, 5.41) is 3.59. The summed E-state index contributed by atoms with van der Waals surface area (Å²) in [5.74, 6) is -0.533. The minimum absolute atomic E-state index is 0.00556. The normalized spacial score (nSPS) is 20.3. The lowest BCUT2D eigenvalue weighted by molar-refractivity contribution is -0.129. The molecule has 2 atom stereocenters. The second kappa shape index (κ2) is 9.06. The highest BCUT2D eigenvalue weighted by atomic mass is 35.5. The van der Waals surface area contributed by atoms with Gasteiger partial charge in [0, 0.05) is 31.1 Å². The first-order valence-electron chi connectivity index (χ1n) is 10.3. The molecule has 0 unspecified atom stereocenters. The molecule has 7 heteroatoms. The molecule has 2 saturated heterocycles. The van der Waals surface area contributed by atoms with Gasteiger partial charge in [0.2, 0.25) is 11.8 Å². The highest BCUT2D eigenvalue weighted by Crippen LogP contribution is 2.32. The topological polar surface area (TPSA) is 61.9 Å². The number of carbonyl (C=O) groups excluding carboxylic acids is 2. The third-order valence-electron chi connectivity index (χ3n) is 5.85. The van der Waals surface area contributed by atoms with E-state index in [9.17, 15) is 9.59 Å². The molecule has 0 bridgehead atoms. The number of morpholine rings is 1. The predicted molar refractivity (Wildman–Crippen MR) is 118 cm³/mol. The van der Waals surface area contributed by atoms with Crippen LogP contribution >= 0.6 is 11.6 Å². The molecule has 4 rings (SSSR count). The van der Waals surface area contributed by atoms with E-state index in [1.165, 1.54) is 0 Å². The Morgan fingerprint density at radius 2 is 1.90 bits per heavy atom. The Balaban J connectivity index is 1.47. The number of likely N-dealkylation sites (tertiary alicyclic amines) is 1. The van der Waals surface area contributed by atoms with Crippen LogP contribution in [0.5, 0.6) is 0 Å². The molecule has 158 valence electrons. The van der Waals surface area contributed by atoms with Crippen molar-refractivity contribution < 1.29 is 14.3 Å². The van der Waals surface area contributed by atoms with Crippen molar-refractivity contribution in [2.45, 2.75) is 19.4 Å². The summed E-state index contributed by atoms with van der Waals surface area (Å²) >= 11 is 6.20. The first-order chi connectivity index (χ1) is 14.5. The van der Waals surface area contributed by atoms with Crippen molar-refractivity contribution >= 4 is 34.8 Å². The lowest BCUT2D eigenvalue weighted by Crippen LogP contribution is -2.37. The maximum atomic E-state index is 13.0. The summed E-state index contributed by atoms with van der Waals surface area (Å²) in [4.78, 5) is 29.6. The molecule has 0 saturated carbocycles. The van der Waals surface area contributed by atoms with Gasteiger partial charge < -0.3 is 19.9 Å². The second-order valence-corrected chi connectivity index (χ2v) is 8.22. The van der Waals surface area contributed by atoms with E-state index in [2.05, 4.69) is 10.2 Å². The molecule has 2 aliphatic heterocycles. The monoisotopic (exact) mass is 427 g/mol. The summed E-state index contributed by atoms with van der Waals surface area (Å²) in [6.07, 6.45) is 0.219. The standard InChI is InChI=1S/C23H26ClN3O3/c1-16(17-5-3-2-4-6-17)27-15-18(13-22(27)28)23(29)25-20-14-19(24)7-8-21(20)26-9-11-30-12-10-26/h2-8,14,16,18H,9-13,15H2,1H3,(H,25,29)/t16-,18+/m1/s1. The lowest BCUT2D eigenvalue weighted by Gasteiger charge is -2.31. The Kier molecular flexibility index (Phi) is 6.25. The zero-order valence-corrected chi connectivity index (χ0v) is 17.8. The number of rotatable bonds is 5. The molecule has 2 aromatic rings. The van der Waals surface area contributed by atoms with Gasteiger partial charge in [-0.15, -0.1) is 0 Å². The number of ether oxygens (including phenoxy) is 1. The van der Waals surface area contributed by atoms with Gasteiger partial charge >= 0.3 is 0 Å². The number of carbonyl (C=O) groups is 2. The number of halogens is 1. The van der Waals surface area contributed by atoms with Crippen LogP contribution in [-0.2, 0) is 14.3 Å². The molecule has 30 heavy (non-hydrogen) atoms. The fourth-order valence-electron chi connectivity index (χ4n) is 4.12. The number of benzene rings is 2. The minimum atomic E-state index is -0.389. The highest BCUT2D eigenvalue weighted by molar-refractivity contribution is 6.31. The number of hydrogen-bond donors (Lipinski definition) is 1. The van der Waals surface area contributed by atoms with Crippen molar-refractivity contribution in [1.29, 1.82) is 0 Å². The van der Waals surface area contributed by atoms with Gasteiger partial charge in [-0.3, -0.25) is 9.59 Å². The molecule has 0 radical (unpaired) electrons. The van der Waals surface area contributed by atoms with Crippen molar-refractivity contribution in [2.75, 3.05) is 43.1 Å². The lowest BCUT2D eigenvalue weighted by atomic mass is 10.1. The molecule has 0 aliphatic carbocycles. The maximum Gasteiger partial charge on any atom is 0.229 e. The number of nitrogens with zero attached hydrogens (tertiary/aromatic N) is 2. The fourth-order valence-corrected chi connectivity index (χ4v) is 4.29.